The van der Waals surface area contributed by atoms with Gasteiger partial charge in [-0.1, -0.05) is 40.9 Å². The van der Waals surface area contributed by atoms with Crippen molar-refractivity contribution in [3.63, 3.8) is 0 Å². The predicted octanol–water partition coefficient (Wildman–Crippen LogP) is 4.48. The van der Waals surface area contributed by atoms with E-state index in [0.717, 1.165) is 48.0 Å². The van der Waals surface area contributed by atoms with Gasteiger partial charge in [0, 0.05) is 30.0 Å². The number of aryl methyl sites for hydroxylation is 2. The number of nitrogens with one attached hydrogen (secondary N) is 2. The van der Waals surface area contributed by atoms with E-state index < -0.39 is 0 Å². The average molecular weight is 573 g/mol. The molecule has 2 aliphatic rings. The Kier molecular flexibility index (Phi) is 7.58. The Balaban J connectivity index is 0.00000240. The molecule has 1 atom stereocenters. The molecule has 4 rings (SSSR count). The minimum Gasteiger partial charge on any atom is -0.356 e. The minimum absolute atomic E-state index is 0. The number of hydrogen-bond acceptors (Lipinski definition) is 3. The van der Waals surface area contributed by atoms with E-state index in [1.807, 2.05) is 18.7 Å². The number of benzene rings is 1. The van der Waals surface area contributed by atoms with Crippen molar-refractivity contribution in [2.24, 2.45) is 4.99 Å². The Labute approximate surface area is 198 Å². The molecule has 0 spiro atoms. The van der Waals surface area contributed by atoms with Gasteiger partial charge in [-0.2, -0.15) is 5.10 Å². The maximum Gasteiger partial charge on any atom is 0.191 e. The fraction of sp³-hybridized carbons (Fsp3) is 0.571. The second-order valence-corrected chi connectivity index (χ2v) is 8.92. The average Bonchev–Trinajstić information content (AvgIpc) is 3.32. The van der Waals surface area contributed by atoms with Crippen LogP contribution in [0.1, 0.15) is 61.8 Å². The van der Waals surface area contributed by atoms with Gasteiger partial charge < -0.3 is 10.6 Å². The lowest BCUT2D eigenvalue weighted by Gasteiger charge is -2.32. The molecule has 0 bridgehead atoms. The van der Waals surface area contributed by atoms with Crippen LogP contribution in [0.4, 0.5) is 0 Å². The van der Waals surface area contributed by atoms with E-state index in [2.05, 4.69) is 65.9 Å². The summed E-state index contributed by atoms with van der Waals surface area (Å²) in [7, 11) is 1.84. The summed E-state index contributed by atoms with van der Waals surface area (Å²) in [5, 5.41) is 11.7. The van der Waals surface area contributed by atoms with Gasteiger partial charge in [-0.25, -0.2) is 9.67 Å². The van der Waals surface area contributed by atoms with Crippen LogP contribution in [0.3, 0.4) is 0 Å². The van der Waals surface area contributed by atoms with Crippen molar-refractivity contribution in [3.8, 4) is 0 Å². The van der Waals surface area contributed by atoms with Gasteiger partial charge in [-0.15, -0.1) is 24.0 Å². The zero-order chi connectivity index (χ0) is 19.6. The smallest absolute Gasteiger partial charge is 0.191 e. The van der Waals surface area contributed by atoms with Crippen LogP contribution in [-0.2, 0) is 12.0 Å². The summed E-state index contributed by atoms with van der Waals surface area (Å²) in [5.41, 5.74) is 1.60. The lowest BCUT2D eigenvalue weighted by atomic mass is 9.79. The Morgan fingerprint density at radius 1 is 1.24 bits per heavy atom. The van der Waals surface area contributed by atoms with E-state index in [4.69, 9.17) is 0 Å². The van der Waals surface area contributed by atoms with Gasteiger partial charge in [0.1, 0.15) is 11.6 Å². The Morgan fingerprint density at radius 3 is 2.66 bits per heavy atom. The summed E-state index contributed by atoms with van der Waals surface area (Å²) in [5.74, 6) is 2.71. The summed E-state index contributed by atoms with van der Waals surface area (Å²) in [6, 6.07) is 8.99. The maximum absolute atomic E-state index is 4.63. The van der Waals surface area contributed by atoms with Crippen LogP contribution in [0.15, 0.2) is 33.7 Å². The van der Waals surface area contributed by atoms with Crippen molar-refractivity contribution in [3.05, 3.63) is 46.0 Å². The molecule has 6 nitrogen and oxygen atoms in total. The van der Waals surface area contributed by atoms with Crippen LogP contribution in [0, 0.1) is 6.92 Å². The first-order chi connectivity index (χ1) is 13.6. The molecule has 0 amide bonds. The quantitative estimate of drug-likeness (QED) is 0.322. The zero-order valence-electron chi connectivity index (χ0n) is 17.1. The normalized spacial score (nSPS) is 20.7. The topological polar surface area (TPSA) is 67.1 Å². The maximum atomic E-state index is 4.63. The van der Waals surface area contributed by atoms with Crippen molar-refractivity contribution >= 4 is 45.9 Å². The number of fused-ring (bicyclic) bond motifs is 1. The molecule has 1 aromatic carbocycles. The number of aromatic nitrogens is 3. The van der Waals surface area contributed by atoms with Crippen LogP contribution in [0.25, 0.3) is 0 Å². The number of guanidine groups is 1. The molecule has 2 N–H and O–H groups in total. The van der Waals surface area contributed by atoms with Gasteiger partial charge in [0.05, 0.1) is 6.04 Å². The van der Waals surface area contributed by atoms with Crippen molar-refractivity contribution in [2.45, 2.75) is 63.5 Å². The second kappa shape index (κ2) is 9.76. The number of nitrogens with zero attached hydrogens (tertiary/aromatic N) is 4. The first kappa shape index (κ1) is 22.5. The molecular weight excluding hydrogens is 543 g/mol. The van der Waals surface area contributed by atoms with Crippen LogP contribution in [-0.4, -0.2) is 34.3 Å². The lowest BCUT2D eigenvalue weighted by Crippen LogP contribution is -2.46. The first-order valence-corrected chi connectivity index (χ1v) is 11.0. The summed E-state index contributed by atoms with van der Waals surface area (Å²) < 4.78 is 3.16. The molecule has 8 heteroatoms. The summed E-state index contributed by atoms with van der Waals surface area (Å²) >= 11 is 3.56. The zero-order valence-corrected chi connectivity index (χ0v) is 21.0. The minimum atomic E-state index is 0. The summed E-state index contributed by atoms with van der Waals surface area (Å²) in [6.07, 6.45) is 7.17. The highest BCUT2D eigenvalue weighted by Crippen LogP contribution is 2.41. The molecular formula is C21H30BrIN6. The molecule has 1 saturated carbocycles. The Hall–Kier alpha value is -1.16. The fourth-order valence-electron chi connectivity index (χ4n) is 4.64. The third-order valence-corrected chi connectivity index (χ3v) is 6.66. The van der Waals surface area contributed by atoms with Crippen molar-refractivity contribution in [1.29, 1.82) is 0 Å². The molecule has 0 radical (unpaired) electrons. The Bertz CT molecular complexity index is 841. The van der Waals surface area contributed by atoms with Crippen molar-refractivity contribution < 1.29 is 0 Å². The van der Waals surface area contributed by atoms with Gasteiger partial charge in [0.25, 0.3) is 0 Å². The Morgan fingerprint density at radius 2 is 1.97 bits per heavy atom. The van der Waals surface area contributed by atoms with Crippen molar-refractivity contribution in [2.75, 3.05) is 13.6 Å². The van der Waals surface area contributed by atoms with E-state index in [9.17, 15) is 0 Å². The number of hydrogen-bond donors (Lipinski definition) is 2. The molecule has 1 aromatic heterocycles. The third kappa shape index (κ3) is 4.95. The molecule has 1 fully saturated rings. The van der Waals surface area contributed by atoms with Gasteiger partial charge in [0.2, 0.25) is 0 Å². The third-order valence-electron chi connectivity index (χ3n) is 6.13. The van der Waals surface area contributed by atoms with E-state index in [-0.39, 0.29) is 35.4 Å². The van der Waals surface area contributed by atoms with Crippen LogP contribution in [0.5, 0.6) is 0 Å². The molecule has 158 valence electrons. The number of aliphatic imine (C=N–C) groups is 1. The summed E-state index contributed by atoms with van der Waals surface area (Å²) in [4.78, 5) is 9.12. The highest BCUT2D eigenvalue weighted by molar-refractivity contribution is 14.0. The predicted molar refractivity (Wildman–Crippen MR) is 131 cm³/mol. The van der Waals surface area contributed by atoms with E-state index in [0.29, 0.717) is 0 Å². The SMILES string of the molecule is CN=C(NCC1(c2ccc(Br)cc2)CCCC1)NC1CCCn2nc(C)nc21.I. The molecule has 2 aromatic rings. The monoisotopic (exact) mass is 572 g/mol. The first-order valence-electron chi connectivity index (χ1n) is 10.2. The van der Waals surface area contributed by atoms with Crippen LogP contribution < -0.4 is 10.6 Å². The van der Waals surface area contributed by atoms with E-state index >= 15 is 0 Å². The molecule has 1 aliphatic heterocycles. The van der Waals surface area contributed by atoms with Gasteiger partial charge in [0.15, 0.2) is 5.96 Å². The molecule has 29 heavy (non-hydrogen) atoms. The van der Waals surface area contributed by atoms with E-state index in [1.54, 1.807) is 0 Å². The fourth-order valence-corrected chi connectivity index (χ4v) is 4.90. The highest BCUT2D eigenvalue weighted by atomic mass is 127. The lowest BCUT2D eigenvalue weighted by molar-refractivity contribution is 0.392. The van der Waals surface area contributed by atoms with Crippen LogP contribution >= 0.6 is 39.9 Å². The molecule has 1 aliphatic carbocycles. The highest BCUT2D eigenvalue weighted by Gasteiger charge is 2.36. The molecule has 1 unspecified atom stereocenters. The second-order valence-electron chi connectivity index (χ2n) is 8.00. The summed E-state index contributed by atoms with van der Waals surface area (Å²) in [6.45, 7) is 3.80. The molecule has 2 heterocycles. The number of rotatable bonds is 4. The van der Waals surface area contributed by atoms with E-state index in [1.165, 1.54) is 31.2 Å². The number of halogens is 2. The van der Waals surface area contributed by atoms with Gasteiger partial charge in [-0.05, 0) is 50.3 Å². The largest absolute Gasteiger partial charge is 0.356 e. The van der Waals surface area contributed by atoms with Gasteiger partial charge in [-0.3, -0.25) is 4.99 Å². The van der Waals surface area contributed by atoms with Gasteiger partial charge >= 0.3 is 0 Å². The van der Waals surface area contributed by atoms with Crippen LogP contribution in [0.2, 0.25) is 0 Å². The van der Waals surface area contributed by atoms with Crippen molar-refractivity contribution in [1.82, 2.24) is 25.4 Å². The standard InChI is InChI=1S/C21H29BrN6.HI/c1-15-25-19-18(6-5-13-28(19)27-15)26-20(23-2)24-14-21(11-3-4-12-21)16-7-9-17(22)10-8-16;/h7-10,18H,3-6,11-14H2,1-2H3,(H2,23,24,26);1H. The molecule has 0 saturated heterocycles.